The number of piperidine rings is 1. The van der Waals surface area contributed by atoms with Crippen LogP contribution in [0.15, 0.2) is 28.8 Å². The van der Waals surface area contributed by atoms with Crippen molar-refractivity contribution >= 4 is 17.7 Å². The summed E-state index contributed by atoms with van der Waals surface area (Å²) in [6.45, 7) is 3.02. The molecule has 0 atom stereocenters. The smallest absolute Gasteiger partial charge is 0.241 e. The van der Waals surface area contributed by atoms with E-state index in [-0.39, 0.29) is 17.6 Å². The zero-order valence-electron chi connectivity index (χ0n) is 17.9. The van der Waals surface area contributed by atoms with Crippen molar-refractivity contribution in [2.75, 3.05) is 25.4 Å². The van der Waals surface area contributed by atoms with Crippen molar-refractivity contribution in [1.82, 2.24) is 20.4 Å². The molecule has 1 aromatic heterocycles. The van der Waals surface area contributed by atoms with Crippen LogP contribution in [0.2, 0.25) is 0 Å². The van der Waals surface area contributed by atoms with Gasteiger partial charge in [-0.05, 0) is 63.0 Å². The predicted octanol–water partition coefficient (Wildman–Crippen LogP) is 4.27. The summed E-state index contributed by atoms with van der Waals surface area (Å²) < 4.78 is 18.4. The SMILES string of the molecule is O=C(NCCSC1CCCCC1)C1CCN(Cc2nc(-c3ccc(F)cc3)no2)CC1. The highest BCUT2D eigenvalue weighted by atomic mass is 32.2. The number of benzene rings is 1. The lowest BCUT2D eigenvalue weighted by molar-refractivity contribution is -0.126. The van der Waals surface area contributed by atoms with E-state index in [0.717, 1.165) is 49.0 Å². The maximum absolute atomic E-state index is 13.1. The van der Waals surface area contributed by atoms with E-state index in [2.05, 4.69) is 20.4 Å². The van der Waals surface area contributed by atoms with Crippen LogP contribution in [-0.4, -0.2) is 51.6 Å². The molecule has 1 aromatic carbocycles. The van der Waals surface area contributed by atoms with Gasteiger partial charge in [0.2, 0.25) is 17.6 Å². The van der Waals surface area contributed by atoms with Crippen molar-refractivity contribution in [2.24, 2.45) is 5.92 Å². The third-order valence-electron chi connectivity index (χ3n) is 6.19. The number of carbonyl (C=O) groups is 1. The number of hydrogen-bond acceptors (Lipinski definition) is 6. The first-order valence-corrected chi connectivity index (χ1v) is 12.4. The third kappa shape index (κ3) is 6.53. The van der Waals surface area contributed by atoms with Crippen molar-refractivity contribution in [3.63, 3.8) is 0 Å². The van der Waals surface area contributed by atoms with E-state index in [4.69, 9.17) is 4.52 Å². The number of likely N-dealkylation sites (tertiary alicyclic amines) is 1. The number of amides is 1. The zero-order valence-corrected chi connectivity index (χ0v) is 18.7. The Balaban J connectivity index is 1.15. The van der Waals surface area contributed by atoms with Crippen molar-refractivity contribution in [3.8, 4) is 11.4 Å². The van der Waals surface area contributed by atoms with Gasteiger partial charge in [-0.1, -0.05) is 24.4 Å². The molecule has 1 N–H and O–H groups in total. The highest BCUT2D eigenvalue weighted by Gasteiger charge is 2.26. The normalized spacial score (nSPS) is 18.9. The quantitative estimate of drug-likeness (QED) is 0.611. The molecule has 0 bridgehead atoms. The molecule has 0 spiro atoms. The van der Waals surface area contributed by atoms with Crippen LogP contribution < -0.4 is 5.32 Å². The van der Waals surface area contributed by atoms with Crippen molar-refractivity contribution in [3.05, 3.63) is 36.0 Å². The fraction of sp³-hybridized carbons (Fsp3) is 0.609. The van der Waals surface area contributed by atoms with Crippen LogP contribution in [-0.2, 0) is 11.3 Å². The largest absolute Gasteiger partial charge is 0.355 e. The summed E-state index contributed by atoms with van der Waals surface area (Å²) in [6, 6.07) is 6.05. The minimum absolute atomic E-state index is 0.0911. The van der Waals surface area contributed by atoms with Gasteiger partial charge in [-0.2, -0.15) is 16.7 Å². The monoisotopic (exact) mass is 446 g/mol. The van der Waals surface area contributed by atoms with Crippen LogP contribution in [0.1, 0.15) is 50.8 Å². The van der Waals surface area contributed by atoms with Crippen LogP contribution in [0.25, 0.3) is 11.4 Å². The Bertz CT molecular complexity index is 830. The second-order valence-electron chi connectivity index (χ2n) is 8.49. The molecular formula is C23H31FN4O2S. The van der Waals surface area contributed by atoms with Crippen LogP contribution in [0.3, 0.4) is 0 Å². The number of halogens is 1. The van der Waals surface area contributed by atoms with Gasteiger partial charge in [0.15, 0.2) is 0 Å². The van der Waals surface area contributed by atoms with Crippen molar-refractivity contribution in [2.45, 2.75) is 56.7 Å². The minimum Gasteiger partial charge on any atom is -0.355 e. The van der Waals surface area contributed by atoms with Crippen molar-refractivity contribution < 1.29 is 13.7 Å². The number of rotatable bonds is 8. The lowest BCUT2D eigenvalue weighted by Crippen LogP contribution is -2.40. The predicted molar refractivity (Wildman–Crippen MR) is 120 cm³/mol. The van der Waals surface area contributed by atoms with Gasteiger partial charge < -0.3 is 9.84 Å². The average molecular weight is 447 g/mol. The van der Waals surface area contributed by atoms with E-state index in [1.54, 1.807) is 12.1 Å². The number of carbonyl (C=O) groups excluding carboxylic acids is 1. The fourth-order valence-electron chi connectivity index (χ4n) is 4.36. The second-order valence-corrected chi connectivity index (χ2v) is 9.90. The Morgan fingerprint density at radius 2 is 1.87 bits per heavy atom. The Morgan fingerprint density at radius 1 is 1.13 bits per heavy atom. The van der Waals surface area contributed by atoms with E-state index < -0.39 is 0 Å². The molecule has 0 radical (unpaired) electrons. The number of nitrogens with zero attached hydrogens (tertiary/aromatic N) is 3. The lowest BCUT2D eigenvalue weighted by atomic mass is 9.96. The summed E-state index contributed by atoms with van der Waals surface area (Å²) in [7, 11) is 0. The van der Waals surface area contributed by atoms with E-state index >= 15 is 0 Å². The minimum atomic E-state index is -0.289. The maximum Gasteiger partial charge on any atom is 0.241 e. The van der Waals surface area contributed by atoms with Gasteiger partial charge in [0.1, 0.15) is 5.82 Å². The number of hydrogen-bond donors (Lipinski definition) is 1. The molecule has 2 aliphatic rings. The van der Waals surface area contributed by atoms with E-state index in [9.17, 15) is 9.18 Å². The molecule has 31 heavy (non-hydrogen) atoms. The van der Waals surface area contributed by atoms with E-state index in [1.165, 1.54) is 44.2 Å². The summed E-state index contributed by atoms with van der Waals surface area (Å²) >= 11 is 2.02. The number of thioether (sulfide) groups is 1. The van der Waals surface area contributed by atoms with Gasteiger partial charge in [-0.25, -0.2) is 4.39 Å². The summed E-state index contributed by atoms with van der Waals surface area (Å²) in [6.07, 6.45) is 8.47. The molecule has 1 aliphatic heterocycles. The van der Waals surface area contributed by atoms with Gasteiger partial charge in [0.25, 0.3) is 0 Å². The van der Waals surface area contributed by atoms with Gasteiger partial charge in [-0.3, -0.25) is 9.69 Å². The standard InChI is InChI=1S/C23H31FN4O2S/c24-19-8-6-17(7-9-19)22-26-21(30-27-22)16-28-13-10-18(11-14-28)23(29)25-12-15-31-20-4-2-1-3-5-20/h6-9,18,20H,1-5,10-16H2,(H,25,29). The molecule has 2 heterocycles. The lowest BCUT2D eigenvalue weighted by Gasteiger charge is -2.30. The van der Waals surface area contributed by atoms with Crippen LogP contribution in [0, 0.1) is 11.7 Å². The Kier molecular flexibility index (Phi) is 7.97. The van der Waals surface area contributed by atoms with Gasteiger partial charge >= 0.3 is 0 Å². The molecule has 2 aromatic rings. The van der Waals surface area contributed by atoms with Crippen molar-refractivity contribution in [1.29, 1.82) is 0 Å². The first-order valence-electron chi connectivity index (χ1n) is 11.4. The number of nitrogens with one attached hydrogen (secondary N) is 1. The topological polar surface area (TPSA) is 71.3 Å². The second kappa shape index (κ2) is 11.1. The van der Waals surface area contributed by atoms with Crippen LogP contribution in [0.4, 0.5) is 4.39 Å². The fourth-order valence-corrected chi connectivity index (χ4v) is 5.58. The molecule has 8 heteroatoms. The van der Waals surface area contributed by atoms with Crippen LogP contribution >= 0.6 is 11.8 Å². The molecule has 6 nitrogen and oxygen atoms in total. The Labute approximate surface area is 187 Å². The highest BCUT2D eigenvalue weighted by Crippen LogP contribution is 2.28. The summed E-state index contributed by atoms with van der Waals surface area (Å²) in [5.41, 5.74) is 0.730. The third-order valence-corrected chi connectivity index (χ3v) is 7.58. The Morgan fingerprint density at radius 3 is 2.61 bits per heavy atom. The molecule has 1 aliphatic carbocycles. The average Bonchev–Trinajstić information content (AvgIpc) is 3.27. The molecule has 1 saturated heterocycles. The zero-order chi connectivity index (χ0) is 21.5. The maximum atomic E-state index is 13.1. The summed E-state index contributed by atoms with van der Waals surface area (Å²) in [5.74, 6) is 2.02. The summed E-state index contributed by atoms with van der Waals surface area (Å²) in [5, 5.41) is 7.93. The molecule has 2 fully saturated rings. The van der Waals surface area contributed by atoms with Gasteiger partial charge in [0, 0.05) is 29.0 Å². The van der Waals surface area contributed by atoms with Gasteiger partial charge in [0.05, 0.1) is 6.54 Å². The first kappa shape index (κ1) is 22.3. The highest BCUT2D eigenvalue weighted by molar-refractivity contribution is 7.99. The summed E-state index contributed by atoms with van der Waals surface area (Å²) in [4.78, 5) is 19.2. The first-order chi connectivity index (χ1) is 15.2. The molecule has 4 rings (SSSR count). The molecule has 1 amide bonds. The van der Waals surface area contributed by atoms with E-state index in [1.807, 2.05) is 11.8 Å². The molecule has 0 unspecified atom stereocenters. The molecule has 168 valence electrons. The molecule has 1 saturated carbocycles. The van der Waals surface area contributed by atoms with Gasteiger partial charge in [-0.15, -0.1) is 0 Å². The van der Waals surface area contributed by atoms with E-state index in [0.29, 0.717) is 18.3 Å². The number of aromatic nitrogens is 2. The molecular weight excluding hydrogens is 415 g/mol. The van der Waals surface area contributed by atoms with Crippen LogP contribution in [0.5, 0.6) is 0 Å². The Hall–Kier alpha value is -1.93.